The maximum absolute atomic E-state index is 12.4. The van der Waals surface area contributed by atoms with Gasteiger partial charge in [-0.25, -0.2) is 4.57 Å². The zero-order valence-electron chi connectivity index (χ0n) is 32.6. The Morgan fingerprint density at radius 1 is 0.600 bits per heavy atom. The van der Waals surface area contributed by atoms with Crippen molar-refractivity contribution >= 4 is 13.8 Å². The third-order valence-electron chi connectivity index (χ3n) is 8.96. The van der Waals surface area contributed by atoms with E-state index in [2.05, 4.69) is 26.0 Å². The molecule has 0 aromatic heterocycles. The number of phosphoric ester groups is 1. The molecule has 296 valence electrons. The summed E-state index contributed by atoms with van der Waals surface area (Å²) in [6.07, 6.45) is 42.9. The van der Waals surface area contributed by atoms with Crippen molar-refractivity contribution in [3.05, 3.63) is 24.5 Å². The minimum atomic E-state index is -4.26. The highest BCUT2D eigenvalue weighted by Crippen LogP contribution is 2.43. The number of unbranched alkanes of at least 4 members (excludes halogenated alkanes) is 25. The highest BCUT2D eigenvalue weighted by Gasteiger charge is 2.24. The standard InChI is InChI=1S/C41H80NO7P/c1-3-5-7-9-11-13-15-17-19-21-23-25-27-29-31-33-36-46-40(39-49-50(44,45)48-37-35-42)38-47-41(43)34-32-30-28-26-24-22-20-18-16-14-12-10-8-6-4-2/h13,15,33,36,40H,3-12,14,16-32,34-35,37-39,42H2,1-2H3,(H,44,45). The average molecular weight is 730 g/mol. The third kappa shape index (κ3) is 38.1. The van der Waals surface area contributed by atoms with E-state index >= 15 is 0 Å². The number of hydrogen-bond acceptors (Lipinski definition) is 7. The lowest BCUT2D eigenvalue weighted by molar-refractivity contribution is -0.147. The van der Waals surface area contributed by atoms with Crippen molar-refractivity contribution in [2.45, 2.75) is 206 Å². The summed E-state index contributed by atoms with van der Waals surface area (Å²) in [6, 6.07) is 0. The fourth-order valence-corrected chi connectivity index (χ4v) is 6.56. The summed E-state index contributed by atoms with van der Waals surface area (Å²) < 4.78 is 33.2. The van der Waals surface area contributed by atoms with E-state index in [4.69, 9.17) is 24.3 Å². The number of esters is 1. The first kappa shape index (κ1) is 48.8. The van der Waals surface area contributed by atoms with Gasteiger partial charge in [-0.3, -0.25) is 13.8 Å². The molecule has 8 nitrogen and oxygen atoms in total. The van der Waals surface area contributed by atoms with E-state index in [1.165, 1.54) is 148 Å². The van der Waals surface area contributed by atoms with Gasteiger partial charge in [-0.1, -0.05) is 161 Å². The Labute approximate surface area is 308 Å². The van der Waals surface area contributed by atoms with Crippen molar-refractivity contribution in [1.82, 2.24) is 0 Å². The lowest BCUT2D eigenvalue weighted by Crippen LogP contribution is -2.25. The maximum atomic E-state index is 12.4. The van der Waals surface area contributed by atoms with E-state index in [9.17, 15) is 14.3 Å². The lowest BCUT2D eigenvalue weighted by atomic mass is 10.0. The van der Waals surface area contributed by atoms with Gasteiger partial charge in [0.1, 0.15) is 6.61 Å². The first-order chi connectivity index (χ1) is 24.4. The van der Waals surface area contributed by atoms with Gasteiger partial charge in [0.25, 0.3) is 0 Å². The van der Waals surface area contributed by atoms with Crippen LogP contribution in [0.15, 0.2) is 24.5 Å². The number of phosphoric acid groups is 1. The van der Waals surface area contributed by atoms with Crippen molar-refractivity contribution < 1.29 is 32.8 Å². The van der Waals surface area contributed by atoms with Gasteiger partial charge >= 0.3 is 13.8 Å². The van der Waals surface area contributed by atoms with Crippen LogP contribution in [-0.4, -0.2) is 43.3 Å². The molecule has 0 aliphatic rings. The Kier molecular flexibility index (Phi) is 38.1. The predicted molar refractivity (Wildman–Crippen MR) is 210 cm³/mol. The Bertz CT molecular complexity index is 823. The molecule has 0 saturated carbocycles. The van der Waals surface area contributed by atoms with Gasteiger partial charge in [0, 0.05) is 13.0 Å². The first-order valence-corrected chi connectivity index (χ1v) is 22.4. The Morgan fingerprint density at radius 2 is 1.02 bits per heavy atom. The van der Waals surface area contributed by atoms with Crippen molar-refractivity contribution in [3.63, 3.8) is 0 Å². The zero-order chi connectivity index (χ0) is 36.6. The second-order valence-corrected chi connectivity index (χ2v) is 15.4. The second-order valence-electron chi connectivity index (χ2n) is 13.9. The second kappa shape index (κ2) is 39.0. The van der Waals surface area contributed by atoms with E-state index in [1.54, 1.807) is 6.26 Å². The lowest BCUT2D eigenvalue weighted by Gasteiger charge is -2.19. The SMILES string of the molecule is CCCCCCC=CCCCCCCCCC=COC(COC(=O)CCCCCCCCCCCCCCCCC)COP(=O)(O)OCCN. The summed E-state index contributed by atoms with van der Waals surface area (Å²) in [5.74, 6) is -0.290. The van der Waals surface area contributed by atoms with Crippen LogP contribution in [0.3, 0.4) is 0 Å². The molecule has 3 N–H and O–H groups in total. The summed E-state index contributed by atoms with van der Waals surface area (Å²) >= 11 is 0. The summed E-state index contributed by atoms with van der Waals surface area (Å²) in [7, 11) is -4.26. The molecule has 0 spiro atoms. The largest absolute Gasteiger partial charge is 0.492 e. The molecule has 2 atom stereocenters. The Hall–Kier alpha value is -1.18. The fourth-order valence-electron chi connectivity index (χ4n) is 5.80. The molecule has 0 aromatic carbocycles. The Balaban J connectivity index is 4.08. The Morgan fingerprint density at radius 3 is 1.50 bits per heavy atom. The van der Waals surface area contributed by atoms with Crippen LogP contribution in [-0.2, 0) is 27.9 Å². The minimum absolute atomic E-state index is 0.0627. The van der Waals surface area contributed by atoms with Gasteiger partial charge in [0.05, 0.1) is 19.5 Å². The normalized spacial score (nSPS) is 13.7. The van der Waals surface area contributed by atoms with Crippen LogP contribution in [0.4, 0.5) is 0 Å². The summed E-state index contributed by atoms with van der Waals surface area (Å²) in [4.78, 5) is 22.2. The van der Waals surface area contributed by atoms with E-state index in [0.29, 0.717) is 6.42 Å². The topological polar surface area (TPSA) is 117 Å². The van der Waals surface area contributed by atoms with Crippen LogP contribution in [0.2, 0.25) is 0 Å². The molecule has 0 aliphatic carbocycles. The molecule has 2 unspecified atom stereocenters. The highest BCUT2D eigenvalue weighted by molar-refractivity contribution is 7.47. The zero-order valence-corrected chi connectivity index (χ0v) is 33.5. The number of ether oxygens (including phenoxy) is 2. The number of carbonyl (C=O) groups excluding carboxylic acids is 1. The van der Waals surface area contributed by atoms with Gasteiger partial charge < -0.3 is 20.1 Å². The van der Waals surface area contributed by atoms with Crippen LogP contribution in [0.1, 0.15) is 200 Å². The molecule has 0 rings (SSSR count). The molecule has 0 saturated heterocycles. The summed E-state index contributed by atoms with van der Waals surface area (Å²) in [6.45, 7) is 4.21. The molecule has 50 heavy (non-hydrogen) atoms. The van der Waals surface area contributed by atoms with Crippen molar-refractivity contribution in [2.24, 2.45) is 5.73 Å². The number of rotatable bonds is 40. The van der Waals surface area contributed by atoms with Crippen LogP contribution >= 0.6 is 7.82 Å². The maximum Gasteiger partial charge on any atom is 0.472 e. The smallest absolute Gasteiger partial charge is 0.472 e. The van der Waals surface area contributed by atoms with E-state index in [-0.39, 0.29) is 32.3 Å². The van der Waals surface area contributed by atoms with Crippen LogP contribution in [0.25, 0.3) is 0 Å². The quantitative estimate of drug-likeness (QED) is 0.0210. The fraction of sp³-hybridized carbons (Fsp3) is 0.878. The minimum Gasteiger partial charge on any atom is -0.492 e. The van der Waals surface area contributed by atoms with E-state index in [1.807, 2.05) is 6.08 Å². The molecular weight excluding hydrogens is 649 g/mol. The van der Waals surface area contributed by atoms with Crippen molar-refractivity contribution in [1.29, 1.82) is 0 Å². The number of carbonyl (C=O) groups is 1. The third-order valence-corrected chi connectivity index (χ3v) is 9.94. The van der Waals surface area contributed by atoms with Crippen LogP contribution in [0, 0.1) is 0 Å². The molecule has 0 bridgehead atoms. The summed E-state index contributed by atoms with van der Waals surface area (Å²) in [5, 5.41) is 0. The van der Waals surface area contributed by atoms with E-state index in [0.717, 1.165) is 32.1 Å². The molecular formula is C41H80NO7P. The van der Waals surface area contributed by atoms with Gasteiger partial charge in [-0.05, 0) is 51.0 Å². The number of nitrogens with two attached hydrogens (primary N) is 1. The molecule has 0 amide bonds. The average Bonchev–Trinajstić information content (AvgIpc) is 3.11. The van der Waals surface area contributed by atoms with Gasteiger partial charge in [0.2, 0.25) is 0 Å². The number of allylic oxidation sites excluding steroid dienone is 3. The predicted octanol–water partition coefficient (Wildman–Crippen LogP) is 12.4. The van der Waals surface area contributed by atoms with Crippen molar-refractivity contribution in [3.8, 4) is 0 Å². The van der Waals surface area contributed by atoms with Gasteiger partial charge in [0.15, 0.2) is 6.10 Å². The highest BCUT2D eigenvalue weighted by atomic mass is 31.2. The molecule has 0 aliphatic heterocycles. The molecule has 9 heteroatoms. The molecule has 0 fully saturated rings. The summed E-state index contributed by atoms with van der Waals surface area (Å²) in [5.41, 5.74) is 5.36. The van der Waals surface area contributed by atoms with Crippen LogP contribution in [0.5, 0.6) is 0 Å². The van der Waals surface area contributed by atoms with Gasteiger partial charge in [-0.2, -0.15) is 0 Å². The van der Waals surface area contributed by atoms with E-state index < -0.39 is 13.9 Å². The van der Waals surface area contributed by atoms with Gasteiger partial charge in [-0.15, -0.1) is 0 Å². The number of hydrogen-bond donors (Lipinski definition) is 2. The molecule has 0 aromatic rings. The molecule has 0 heterocycles. The van der Waals surface area contributed by atoms with Crippen molar-refractivity contribution in [2.75, 3.05) is 26.4 Å². The monoisotopic (exact) mass is 730 g/mol. The first-order valence-electron chi connectivity index (χ1n) is 20.9. The van der Waals surface area contributed by atoms with Crippen LogP contribution < -0.4 is 5.73 Å². The molecule has 0 radical (unpaired) electrons.